The predicted molar refractivity (Wildman–Crippen MR) is 151 cm³/mol. The van der Waals surface area contributed by atoms with Crippen molar-refractivity contribution < 1.29 is 73.7 Å². The Balaban J connectivity index is 1.97. The van der Waals surface area contributed by atoms with E-state index in [1.165, 1.54) is 0 Å². The number of carbonyl (C=O) groups excluding carboxylic acids is 4. The van der Waals surface area contributed by atoms with Gasteiger partial charge in [-0.2, -0.15) is 0 Å². The van der Waals surface area contributed by atoms with Crippen LogP contribution in [0.15, 0.2) is 0 Å². The van der Waals surface area contributed by atoms with E-state index in [9.17, 15) is 59.9 Å². The molecule has 15 atom stereocenters. The Morgan fingerprint density at radius 1 is 0.723 bits per heavy atom. The monoisotopic (exact) mass is 681 g/mol. The highest BCUT2D eigenvalue weighted by Crippen LogP contribution is 2.33. The van der Waals surface area contributed by atoms with Crippen molar-refractivity contribution in [1.29, 1.82) is 0 Å². The van der Waals surface area contributed by atoms with Crippen LogP contribution < -0.4 is 21.3 Å². The maximum Gasteiger partial charge on any atom is 0.271 e. The minimum atomic E-state index is -2.13. The minimum absolute atomic E-state index is 0.227. The van der Waals surface area contributed by atoms with Crippen molar-refractivity contribution in [2.24, 2.45) is 0 Å². The molecule has 2 heterocycles. The van der Waals surface area contributed by atoms with Crippen LogP contribution in [0, 0.1) is 10.1 Å². The zero-order valence-corrected chi connectivity index (χ0v) is 26.0. The van der Waals surface area contributed by atoms with Gasteiger partial charge in [0.15, 0.2) is 24.8 Å². The van der Waals surface area contributed by atoms with E-state index in [1.807, 2.05) is 0 Å². The second kappa shape index (κ2) is 16.3. The zero-order chi connectivity index (χ0) is 35.3. The number of hydrogen-bond acceptors (Lipinski definition) is 16. The Hall–Kier alpha value is -3.12. The normalized spacial score (nSPS) is 40.5. The van der Waals surface area contributed by atoms with Gasteiger partial charge in [-0.25, -0.2) is 0 Å². The molecule has 0 spiro atoms. The summed E-state index contributed by atoms with van der Waals surface area (Å²) in [5, 5.41) is 85.9. The van der Waals surface area contributed by atoms with Gasteiger partial charge in [-0.05, 0) is 6.42 Å². The predicted octanol–water partition coefficient (Wildman–Crippen LogP) is -6.30. The van der Waals surface area contributed by atoms with Crippen molar-refractivity contribution in [3.8, 4) is 0 Å². The number of nitrogens with one attached hydrogen (secondary N) is 4. The van der Waals surface area contributed by atoms with Gasteiger partial charge in [0.05, 0.1) is 24.7 Å². The number of aliphatic hydroxyl groups excluding tert-OH is 6. The van der Waals surface area contributed by atoms with Crippen molar-refractivity contribution in [1.82, 2.24) is 21.3 Å². The quantitative estimate of drug-likeness (QED) is 0.0716. The van der Waals surface area contributed by atoms with Crippen molar-refractivity contribution in [2.45, 2.75) is 126 Å². The Labute approximate surface area is 268 Å². The first-order chi connectivity index (χ1) is 22.0. The first-order valence-corrected chi connectivity index (χ1v) is 14.8. The van der Waals surface area contributed by atoms with Crippen molar-refractivity contribution in [3.63, 3.8) is 0 Å². The fraction of sp³-hybridized carbons (Fsp3) is 0.846. The van der Waals surface area contributed by atoms with Gasteiger partial charge in [-0.1, -0.05) is 0 Å². The Morgan fingerprint density at radius 2 is 1.21 bits per heavy atom. The van der Waals surface area contributed by atoms with Crippen LogP contribution in [-0.2, 0) is 38.1 Å². The van der Waals surface area contributed by atoms with E-state index in [0.29, 0.717) is 0 Å². The molecule has 21 nitrogen and oxygen atoms in total. The number of rotatable bonds is 11. The summed E-state index contributed by atoms with van der Waals surface area (Å²) >= 11 is 0. The molecule has 268 valence electrons. The molecule has 15 unspecified atom stereocenters. The average Bonchev–Trinajstić information content (AvgIpc) is 2.95. The van der Waals surface area contributed by atoms with Crippen LogP contribution in [0.5, 0.6) is 0 Å². The third-order valence-corrected chi connectivity index (χ3v) is 8.05. The van der Waals surface area contributed by atoms with Gasteiger partial charge < -0.3 is 70.9 Å². The summed E-state index contributed by atoms with van der Waals surface area (Å²) in [6.07, 6.45) is -19.2. The number of nitrogens with zero attached hydrogens (tertiary/aromatic N) is 1. The molecule has 2 aliphatic heterocycles. The lowest BCUT2D eigenvalue weighted by Crippen LogP contribution is -2.70. The third-order valence-electron chi connectivity index (χ3n) is 8.05. The van der Waals surface area contributed by atoms with E-state index in [2.05, 4.69) is 21.3 Å². The maximum atomic E-state index is 12.2. The minimum Gasteiger partial charge on any atom is -0.394 e. The van der Waals surface area contributed by atoms with Gasteiger partial charge in [0, 0.05) is 39.2 Å². The molecule has 1 saturated carbocycles. The van der Waals surface area contributed by atoms with Gasteiger partial charge in [0.2, 0.25) is 23.6 Å². The summed E-state index contributed by atoms with van der Waals surface area (Å²) in [5.74, 6) is -2.42. The molecule has 2 saturated heterocycles. The van der Waals surface area contributed by atoms with E-state index in [-0.39, 0.29) is 6.42 Å². The molecule has 47 heavy (non-hydrogen) atoms. The molecule has 0 aromatic carbocycles. The number of amides is 4. The molecule has 0 aromatic heterocycles. The second-order valence-corrected chi connectivity index (χ2v) is 11.7. The van der Waals surface area contributed by atoms with Gasteiger partial charge in [-0.15, -0.1) is 0 Å². The number of ether oxygens (including phenoxy) is 4. The van der Waals surface area contributed by atoms with Gasteiger partial charge in [0.1, 0.15) is 42.7 Å². The van der Waals surface area contributed by atoms with Crippen LogP contribution in [0.2, 0.25) is 0 Å². The fourth-order valence-electron chi connectivity index (χ4n) is 5.97. The third kappa shape index (κ3) is 9.28. The highest BCUT2D eigenvalue weighted by Gasteiger charge is 2.56. The topological polar surface area (TPSA) is 318 Å². The highest BCUT2D eigenvalue weighted by atomic mass is 16.7. The van der Waals surface area contributed by atoms with E-state index < -0.39 is 133 Å². The molecular weight excluding hydrogens is 638 g/mol. The summed E-state index contributed by atoms with van der Waals surface area (Å²) in [6, 6.07) is -5.77. The Bertz CT molecular complexity index is 1150. The van der Waals surface area contributed by atoms with Crippen molar-refractivity contribution >= 4 is 23.6 Å². The van der Waals surface area contributed by atoms with E-state index in [4.69, 9.17) is 18.9 Å². The van der Waals surface area contributed by atoms with Crippen LogP contribution in [0.3, 0.4) is 0 Å². The maximum absolute atomic E-state index is 12.2. The van der Waals surface area contributed by atoms with Crippen molar-refractivity contribution in [3.05, 3.63) is 10.1 Å². The van der Waals surface area contributed by atoms with Gasteiger partial charge in [0.25, 0.3) is 6.04 Å². The average molecular weight is 682 g/mol. The van der Waals surface area contributed by atoms with Crippen LogP contribution in [-0.4, -0.2) is 164 Å². The molecule has 3 rings (SSSR count). The van der Waals surface area contributed by atoms with Crippen LogP contribution in [0.1, 0.15) is 34.1 Å². The van der Waals surface area contributed by atoms with Crippen molar-refractivity contribution in [2.75, 3.05) is 13.2 Å². The Morgan fingerprint density at radius 3 is 1.66 bits per heavy atom. The molecule has 4 amide bonds. The first-order valence-electron chi connectivity index (χ1n) is 14.8. The first kappa shape index (κ1) is 38.3. The van der Waals surface area contributed by atoms with Crippen LogP contribution in [0.4, 0.5) is 0 Å². The van der Waals surface area contributed by atoms with Crippen LogP contribution in [0.25, 0.3) is 0 Å². The smallest absolute Gasteiger partial charge is 0.271 e. The van der Waals surface area contributed by atoms with E-state index in [1.54, 1.807) is 0 Å². The Kier molecular flexibility index (Phi) is 13.3. The SMILES string of the molecule is CC(=O)NCC1OC(OC2C(NC(C)=O)CC(NC(C)=O)C(OC3OC(CO)C(O)C(NC(C)=O)C3O)C2O)C(O)C([N+](=O)[O-])C1O. The summed E-state index contributed by atoms with van der Waals surface area (Å²) in [7, 11) is 0. The standard InChI is InChI=1S/C26H43N5O16/c1-8(33)27-6-14-19(38)17(31(42)43)21(40)26(44-14)47-24-13(29-10(3)35)5-12(28-9(2)34)23(22(24)41)46-25-20(39)16(30-11(4)36)18(37)15(7-32)45-25/h12-26,32,37-41H,5-7H2,1-4H3,(H,27,33)(H,28,34)(H,29,35)(H,30,36). The molecule has 0 bridgehead atoms. The van der Waals surface area contributed by atoms with E-state index in [0.717, 1.165) is 27.7 Å². The lowest BCUT2D eigenvalue weighted by atomic mass is 9.83. The molecule has 3 fully saturated rings. The number of carbonyl (C=O) groups is 4. The molecule has 3 aliphatic rings. The van der Waals surface area contributed by atoms with Crippen LogP contribution >= 0.6 is 0 Å². The lowest BCUT2D eigenvalue weighted by Gasteiger charge is -2.49. The molecule has 10 N–H and O–H groups in total. The number of nitro groups is 1. The number of hydrogen-bond donors (Lipinski definition) is 10. The summed E-state index contributed by atoms with van der Waals surface area (Å²) < 4.78 is 22.9. The van der Waals surface area contributed by atoms with Gasteiger partial charge >= 0.3 is 0 Å². The largest absolute Gasteiger partial charge is 0.394 e. The highest BCUT2D eigenvalue weighted by molar-refractivity contribution is 5.74. The van der Waals surface area contributed by atoms with E-state index >= 15 is 0 Å². The molecule has 0 radical (unpaired) electrons. The molecule has 21 heteroatoms. The molecule has 0 aromatic rings. The summed E-state index contributed by atoms with van der Waals surface area (Å²) in [5.41, 5.74) is 0. The zero-order valence-electron chi connectivity index (χ0n) is 26.0. The molecular formula is C26H43N5O16. The summed E-state index contributed by atoms with van der Waals surface area (Å²) in [4.78, 5) is 58.4. The lowest BCUT2D eigenvalue weighted by molar-refractivity contribution is -0.565. The van der Waals surface area contributed by atoms with Gasteiger partial charge in [-0.3, -0.25) is 29.3 Å². The summed E-state index contributed by atoms with van der Waals surface area (Å²) in [6.45, 7) is 3.37. The fourth-order valence-corrected chi connectivity index (χ4v) is 5.97. The number of aliphatic hydroxyl groups is 6. The molecule has 1 aliphatic carbocycles. The second-order valence-electron chi connectivity index (χ2n) is 11.7.